The Morgan fingerprint density at radius 1 is 1.36 bits per heavy atom. The van der Waals surface area contributed by atoms with Crippen molar-refractivity contribution in [3.63, 3.8) is 0 Å². The van der Waals surface area contributed by atoms with Crippen LogP contribution in [0.1, 0.15) is 38.5 Å². The van der Waals surface area contributed by atoms with E-state index in [-0.39, 0.29) is 17.7 Å². The molecule has 136 valence electrons. The molecule has 0 amide bonds. The number of H-pyrrole nitrogens is 1. The highest BCUT2D eigenvalue weighted by atomic mass is 35.5. The molecule has 0 spiro atoms. The Bertz CT molecular complexity index is 782. The molecule has 0 atom stereocenters. The average Bonchev–Trinajstić information content (AvgIpc) is 2.61. The van der Waals surface area contributed by atoms with E-state index >= 15 is 0 Å². The summed E-state index contributed by atoms with van der Waals surface area (Å²) in [4.78, 5) is 14.4. The second kappa shape index (κ2) is 7.77. The van der Waals surface area contributed by atoms with Crippen LogP contribution in [0.25, 0.3) is 10.8 Å². The van der Waals surface area contributed by atoms with Crippen LogP contribution in [0.5, 0.6) is 5.75 Å². The van der Waals surface area contributed by atoms with E-state index in [1.54, 1.807) is 12.3 Å². The van der Waals surface area contributed by atoms with Crippen molar-refractivity contribution in [2.75, 3.05) is 13.2 Å². The fraction of sp³-hybridized carbons (Fsp3) is 0.526. The van der Waals surface area contributed by atoms with Gasteiger partial charge in [-0.1, -0.05) is 11.6 Å². The van der Waals surface area contributed by atoms with E-state index in [2.05, 4.69) is 4.98 Å². The predicted molar refractivity (Wildman–Crippen MR) is 100 cm³/mol. The molecule has 0 aliphatic heterocycles. The smallest absolute Gasteiger partial charge is 0.255 e. The van der Waals surface area contributed by atoms with E-state index in [1.165, 1.54) is 0 Å². The first-order valence-corrected chi connectivity index (χ1v) is 9.22. The minimum absolute atomic E-state index is 0.138. The number of aromatic amines is 1. The number of nitrogens with one attached hydrogen (secondary N) is 1. The van der Waals surface area contributed by atoms with Gasteiger partial charge in [0.2, 0.25) is 0 Å². The van der Waals surface area contributed by atoms with Crippen LogP contribution in [0.3, 0.4) is 0 Å². The number of benzene rings is 1. The zero-order chi connectivity index (χ0) is 17.9. The van der Waals surface area contributed by atoms with Crippen LogP contribution >= 0.6 is 11.6 Å². The molecule has 3 rings (SSSR count). The summed E-state index contributed by atoms with van der Waals surface area (Å²) in [6, 6.07) is 5.32. The van der Waals surface area contributed by atoms with Crippen molar-refractivity contribution in [3.8, 4) is 5.75 Å². The van der Waals surface area contributed by atoms with Gasteiger partial charge in [-0.15, -0.1) is 0 Å². The number of aliphatic hydroxyl groups excluding tert-OH is 1. The Morgan fingerprint density at radius 3 is 2.84 bits per heavy atom. The molecule has 1 aromatic heterocycles. The minimum Gasteiger partial charge on any atom is -0.492 e. The maximum absolute atomic E-state index is 11.8. The number of nitrogens with two attached hydrogens (primary N) is 1. The van der Waals surface area contributed by atoms with Crippen molar-refractivity contribution < 1.29 is 9.84 Å². The quantitative estimate of drug-likeness (QED) is 0.734. The lowest BCUT2D eigenvalue weighted by molar-refractivity contribution is 0.153. The summed E-state index contributed by atoms with van der Waals surface area (Å²) < 4.78 is 5.95. The van der Waals surface area contributed by atoms with Crippen molar-refractivity contribution in [1.82, 2.24) is 4.98 Å². The van der Waals surface area contributed by atoms with Crippen LogP contribution in [0, 0.1) is 5.92 Å². The predicted octanol–water partition coefficient (Wildman–Crippen LogP) is 3.22. The number of hydrogen-bond donors (Lipinski definition) is 3. The van der Waals surface area contributed by atoms with Crippen molar-refractivity contribution in [1.29, 1.82) is 0 Å². The minimum atomic E-state index is -0.152. The molecule has 1 fully saturated rings. The third-order valence-corrected chi connectivity index (χ3v) is 5.53. The van der Waals surface area contributed by atoms with E-state index in [9.17, 15) is 4.79 Å². The fourth-order valence-electron chi connectivity index (χ4n) is 3.61. The van der Waals surface area contributed by atoms with Crippen LogP contribution in [0.2, 0.25) is 5.02 Å². The Hall–Kier alpha value is -1.56. The molecule has 0 radical (unpaired) electrons. The standard InChI is InChI=1S/C19H25ClN2O3/c20-16-11-15-14(4-8-22-18(15)24)10-17(16)25-12-13-2-6-19(21,7-3-13)5-1-9-23/h4,8,10-11,13,23H,1-3,5-7,9,12,21H2,(H,22,24). The second-order valence-corrected chi connectivity index (χ2v) is 7.53. The summed E-state index contributed by atoms with van der Waals surface area (Å²) in [6.07, 6.45) is 7.23. The first-order valence-electron chi connectivity index (χ1n) is 8.84. The molecule has 25 heavy (non-hydrogen) atoms. The number of ether oxygens (including phenoxy) is 1. The van der Waals surface area contributed by atoms with Gasteiger partial charge in [0, 0.05) is 23.7 Å². The maximum atomic E-state index is 11.8. The Balaban J connectivity index is 1.60. The number of halogens is 1. The molecule has 4 N–H and O–H groups in total. The topological polar surface area (TPSA) is 88.3 Å². The summed E-state index contributed by atoms with van der Waals surface area (Å²) in [5, 5.41) is 10.8. The van der Waals surface area contributed by atoms with Crippen LogP contribution < -0.4 is 16.0 Å². The third kappa shape index (κ3) is 4.35. The molecular weight excluding hydrogens is 340 g/mol. The van der Waals surface area contributed by atoms with Gasteiger partial charge in [-0.25, -0.2) is 0 Å². The van der Waals surface area contributed by atoms with Gasteiger partial charge in [-0.3, -0.25) is 4.79 Å². The Labute approximate surface area is 152 Å². The fourth-order valence-corrected chi connectivity index (χ4v) is 3.83. The number of aromatic nitrogens is 1. The highest BCUT2D eigenvalue weighted by Gasteiger charge is 2.31. The van der Waals surface area contributed by atoms with Crippen LogP contribution in [-0.4, -0.2) is 28.8 Å². The molecular formula is C19H25ClN2O3. The second-order valence-electron chi connectivity index (χ2n) is 7.12. The molecule has 1 saturated carbocycles. The lowest BCUT2D eigenvalue weighted by Gasteiger charge is -2.37. The van der Waals surface area contributed by atoms with E-state index in [1.807, 2.05) is 12.1 Å². The summed E-state index contributed by atoms with van der Waals surface area (Å²) in [5.74, 6) is 1.07. The number of pyridine rings is 1. The molecule has 5 nitrogen and oxygen atoms in total. The SMILES string of the molecule is NC1(CCCO)CCC(COc2cc3cc[nH]c(=O)c3cc2Cl)CC1. The van der Waals surface area contributed by atoms with Crippen LogP contribution in [0.4, 0.5) is 0 Å². The Kier molecular flexibility index (Phi) is 5.67. The molecule has 0 bridgehead atoms. The number of aliphatic hydroxyl groups is 1. The third-order valence-electron chi connectivity index (χ3n) is 5.23. The zero-order valence-corrected chi connectivity index (χ0v) is 15.0. The summed E-state index contributed by atoms with van der Waals surface area (Å²) in [5.41, 5.74) is 6.12. The molecule has 6 heteroatoms. The normalized spacial score (nSPS) is 23.7. The Morgan fingerprint density at radius 2 is 2.12 bits per heavy atom. The van der Waals surface area contributed by atoms with Gasteiger partial charge in [0.05, 0.1) is 11.6 Å². The van der Waals surface area contributed by atoms with Gasteiger partial charge in [0.1, 0.15) is 5.75 Å². The largest absolute Gasteiger partial charge is 0.492 e. The molecule has 0 unspecified atom stereocenters. The van der Waals surface area contributed by atoms with Gasteiger partial charge >= 0.3 is 0 Å². The van der Waals surface area contributed by atoms with E-state index in [0.717, 1.165) is 43.9 Å². The molecule has 1 aliphatic rings. The van der Waals surface area contributed by atoms with E-state index < -0.39 is 0 Å². The summed E-state index contributed by atoms with van der Waals surface area (Å²) in [7, 11) is 0. The summed E-state index contributed by atoms with van der Waals surface area (Å²) in [6.45, 7) is 0.805. The first kappa shape index (κ1) is 18.2. The van der Waals surface area contributed by atoms with Crippen molar-refractivity contribution in [2.24, 2.45) is 11.7 Å². The molecule has 2 aromatic rings. The number of hydrogen-bond acceptors (Lipinski definition) is 4. The van der Waals surface area contributed by atoms with Crippen molar-refractivity contribution in [2.45, 2.75) is 44.1 Å². The highest BCUT2D eigenvalue weighted by molar-refractivity contribution is 6.32. The van der Waals surface area contributed by atoms with E-state index in [0.29, 0.717) is 28.7 Å². The van der Waals surface area contributed by atoms with Crippen LogP contribution in [-0.2, 0) is 0 Å². The van der Waals surface area contributed by atoms with E-state index in [4.69, 9.17) is 27.2 Å². The van der Waals surface area contributed by atoms with Gasteiger partial charge < -0.3 is 20.6 Å². The van der Waals surface area contributed by atoms with Crippen molar-refractivity contribution >= 4 is 22.4 Å². The first-order chi connectivity index (χ1) is 12.0. The number of fused-ring (bicyclic) bond motifs is 1. The van der Waals surface area contributed by atoms with Crippen molar-refractivity contribution in [3.05, 3.63) is 39.8 Å². The zero-order valence-electron chi connectivity index (χ0n) is 14.3. The van der Waals surface area contributed by atoms with Gasteiger partial charge in [-0.2, -0.15) is 0 Å². The maximum Gasteiger partial charge on any atom is 0.255 e. The summed E-state index contributed by atoms with van der Waals surface area (Å²) >= 11 is 6.27. The highest BCUT2D eigenvalue weighted by Crippen LogP contribution is 2.35. The lowest BCUT2D eigenvalue weighted by atomic mass is 9.75. The van der Waals surface area contributed by atoms with Crippen LogP contribution in [0.15, 0.2) is 29.2 Å². The van der Waals surface area contributed by atoms with Gasteiger partial charge in [0.25, 0.3) is 5.56 Å². The van der Waals surface area contributed by atoms with Gasteiger partial charge in [0.15, 0.2) is 0 Å². The molecule has 0 saturated heterocycles. The number of rotatable bonds is 6. The average molecular weight is 365 g/mol. The van der Waals surface area contributed by atoms with Gasteiger partial charge in [-0.05, 0) is 68.0 Å². The lowest BCUT2D eigenvalue weighted by Crippen LogP contribution is -2.44. The molecule has 1 heterocycles. The molecule has 1 aliphatic carbocycles. The molecule has 1 aromatic carbocycles. The monoisotopic (exact) mass is 364 g/mol.